The summed E-state index contributed by atoms with van der Waals surface area (Å²) in [5.41, 5.74) is 2.46. The fourth-order valence-corrected chi connectivity index (χ4v) is 3.10. The summed E-state index contributed by atoms with van der Waals surface area (Å²) in [5, 5.41) is 4.28. The van der Waals surface area contributed by atoms with Crippen LogP contribution >= 0.6 is 11.6 Å². The molecule has 2 aliphatic heterocycles. The van der Waals surface area contributed by atoms with Crippen molar-refractivity contribution in [1.29, 1.82) is 0 Å². The minimum atomic E-state index is -0.0657. The molecule has 1 saturated heterocycles. The number of hydrogen-bond donors (Lipinski definition) is 1. The second-order valence-electron chi connectivity index (χ2n) is 4.65. The Morgan fingerprint density at radius 3 is 3.12 bits per heavy atom. The van der Waals surface area contributed by atoms with Crippen LogP contribution in [0, 0.1) is 0 Å². The largest absolute Gasteiger partial charge is 0.365 e. The normalized spacial score (nSPS) is 29.1. The summed E-state index contributed by atoms with van der Waals surface area (Å²) < 4.78 is 6.09. The quantitative estimate of drug-likeness (QED) is 0.749. The molecule has 1 aromatic rings. The van der Waals surface area contributed by atoms with Gasteiger partial charge in [0.05, 0.1) is 12.2 Å². The molecule has 0 saturated carbocycles. The first-order chi connectivity index (χ1) is 7.82. The van der Waals surface area contributed by atoms with E-state index in [9.17, 15) is 0 Å². The number of fused-ring (bicyclic) bond motifs is 2. The molecule has 1 aromatic carbocycles. The smallest absolute Gasteiger partial charge is 0.0952 e. The lowest BCUT2D eigenvalue weighted by Crippen LogP contribution is -2.26. The fourth-order valence-electron chi connectivity index (χ4n) is 2.87. The SMILES string of the molecule is Clc1cccc2c1COC21CCCNCC1. The minimum Gasteiger partial charge on any atom is -0.365 e. The van der Waals surface area contributed by atoms with Crippen LogP contribution < -0.4 is 5.32 Å². The van der Waals surface area contributed by atoms with Gasteiger partial charge in [0.15, 0.2) is 0 Å². The number of benzene rings is 1. The molecule has 0 amide bonds. The number of rotatable bonds is 0. The Kier molecular flexibility index (Phi) is 2.66. The van der Waals surface area contributed by atoms with E-state index in [2.05, 4.69) is 11.4 Å². The van der Waals surface area contributed by atoms with E-state index in [0.29, 0.717) is 6.61 Å². The lowest BCUT2D eigenvalue weighted by atomic mass is 9.86. The fraction of sp³-hybridized carbons (Fsp3) is 0.538. The van der Waals surface area contributed by atoms with Crippen molar-refractivity contribution < 1.29 is 4.74 Å². The van der Waals surface area contributed by atoms with Gasteiger partial charge in [0, 0.05) is 10.6 Å². The number of hydrogen-bond acceptors (Lipinski definition) is 2. The Hall–Kier alpha value is -0.570. The lowest BCUT2D eigenvalue weighted by Gasteiger charge is -2.27. The maximum atomic E-state index is 6.22. The molecule has 1 fully saturated rings. The zero-order valence-corrected chi connectivity index (χ0v) is 10.0. The maximum absolute atomic E-state index is 6.22. The Balaban J connectivity index is 2.03. The second kappa shape index (κ2) is 4.02. The molecule has 0 bridgehead atoms. The second-order valence-corrected chi connectivity index (χ2v) is 5.06. The molecule has 1 N–H and O–H groups in total. The topological polar surface area (TPSA) is 21.3 Å². The number of nitrogens with one attached hydrogen (secondary N) is 1. The van der Waals surface area contributed by atoms with Crippen LogP contribution in [-0.4, -0.2) is 13.1 Å². The van der Waals surface area contributed by atoms with Crippen molar-refractivity contribution in [1.82, 2.24) is 5.32 Å². The highest BCUT2D eigenvalue weighted by Gasteiger charge is 2.40. The molecule has 86 valence electrons. The van der Waals surface area contributed by atoms with Gasteiger partial charge in [0.2, 0.25) is 0 Å². The summed E-state index contributed by atoms with van der Waals surface area (Å²) in [6, 6.07) is 6.17. The molecule has 0 radical (unpaired) electrons. The van der Waals surface area contributed by atoms with Crippen LogP contribution in [0.15, 0.2) is 18.2 Å². The third kappa shape index (κ3) is 1.56. The van der Waals surface area contributed by atoms with E-state index in [1.54, 1.807) is 0 Å². The molecule has 2 aliphatic rings. The molecule has 3 heteroatoms. The molecule has 1 spiro atoms. The Morgan fingerprint density at radius 2 is 2.19 bits per heavy atom. The van der Waals surface area contributed by atoms with Gasteiger partial charge in [-0.05, 0) is 44.0 Å². The van der Waals surface area contributed by atoms with Crippen LogP contribution in [0.1, 0.15) is 30.4 Å². The summed E-state index contributed by atoms with van der Waals surface area (Å²) in [5.74, 6) is 0. The van der Waals surface area contributed by atoms with Crippen LogP contribution in [0.3, 0.4) is 0 Å². The van der Waals surface area contributed by atoms with Crippen LogP contribution in [0.4, 0.5) is 0 Å². The molecular weight excluding hydrogens is 222 g/mol. The summed E-state index contributed by atoms with van der Waals surface area (Å²) in [7, 11) is 0. The van der Waals surface area contributed by atoms with Gasteiger partial charge >= 0.3 is 0 Å². The van der Waals surface area contributed by atoms with Crippen molar-refractivity contribution in [2.45, 2.75) is 31.5 Å². The van der Waals surface area contributed by atoms with Crippen LogP contribution in [0.2, 0.25) is 5.02 Å². The van der Waals surface area contributed by atoms with Crippen molar-refractivity contribution in [3.05, 3.63) is 34.3 Å². The molecule has 16 heavy (non-hydrogen) atoms. The molecule has 0 aromatic heterocycles. The first kappa shape index (κ1) is 10.6. The predicted octanol–water partition coefficient (Wildman–Crippen LogP) is 2.84. The van der Waals surface area contributed by atoms with E-state index in [0.717, 1.165) is 31.0 Å². The zero-order chi connectivity index (χ0) is 11.0. The van der Waals surface area contributed by atoms with Gasteiger partial charge in [0.1, 0.15) is 0 Å². The highest BCUT2D eigenvalue weighted by atomic mass is 35.5. The van der Waals surface area contributed by atoms with E-state index in [1.807, 2.05) is 12.1 Å². The van der Waals surface area contributed by atoms with Crippen LogP contribution in [0.25, 0.3) is 0 Å². The Morgan fingerprint density at radius 1 is 1.25 bits per heavy atom. The summed E-state index contributed by atoms with van der Waals surface area (Å²) in [4.78, 5) is 0. The van der Waals surface area contributed by atoms with Crippen molar-refractivity contribution in [3.8, 4) is 0 Å². The molecule has 0 aliphatic carbocycles. The highest BCUT2D eigenvalue weighted by Crippen LogP contribution is 2.45. The van der Waals surface area contributed by atoms with Crippen molar-refractivity contribution >= 4 is 11.6 Å². The van der Waals surface area contributed by atoms with Gasteiger partial charge in [-0.2, -0.15) is 0 Å². The van der Waals surface area contributed by atoms with Crippen LogP contribution in [0.5, 0.6) is 0 Å². The van der Waals surface area contributed by atoms with E-state index in [-0.39, 0.29) is 5.60 Å². The third-order valence-corrected chi connectivity index (χ3v) is 4.10. The zero-order valence-electron chi connectivity index (χ0n) is 9.26. The lowest BCUT2D eigenvalue weighted by molar-refractivity contribution is -0.0469. The van der Waals surface area contributed by atoms with Gasteiger partial charge in [0.25, 0.3) is 0 Å². The van der Waals surface area contributed by atoms with Crippen LogP contribution in [-0.2, 0) is 16.9 Å². The standard InChI is InChI=1S/C13H16ClNO/c14-12-4-1-3-11-10(12)9-16-13(11)5-2-7-15-8-6-13/h1,3-4,15H,2,5-9H2. The average molecular weight is 238 g/mol. The molecule has 2 nitrogen and oxygen atoms in total. The van der Waals surface area contributed by atoms with E-state index < -0.39 is 0 Å². The van der Waals surface area contributed by atoms with Crippen molar-refractivity contribution in [2.24, 2.45) is 0 Å². The third-order valence-electron chi connectivity index (χ3n) is 3.74. The van der Waals surface area contributed by atoms with Gasteiger partial charge in [-0.3, -0.25) is 0 Å². The van der Waals surface area contributed by atoms with E-state index >= 15 is 0 Å². The number of ether oxygens (including phenoxy) is 1. The minimum absolute atomic E-state index is 0.0657. The maximum Gasteiger partial charge on any atom is 0.0952 e. The molecule has 2 heterocycles. The van der Waals surface area contributed by atoms with Crippen molar-refractivity contribution in [2.75, 3.05) is 13.1 Å². The number of halogens is 1. The first-order valence-electron chi connectivity index (χ1n) is 5.94. The van der Waals surface area contributed by atoms with Gasteiger partial charge in [-0.25, -0.2) is 0 Å². The molecule has 1 unspecified atom stereocenters. The average Bonchev–Trinajstić information content (AvgIpc) is 2.49. The van der Waals surface area contributed by atoms with Gasteiger partial charge in [-0.15, -0.1) is 0 Å². The molecule has 3 rings (SSSR count). The molecule has 1 atom stereocenters. The predicted molar refractivity (Wildman–Crippen MR) is 64.6 cm³/mol. The summed E-state index contributed by atoms with van der Waals surface area (Å²) in [6.45, 7) is 2.81. The molecular formula is C13H16ClNO. The van der Waals surface area contributed by atoms with E-state index in [4.69, 9.17) is 16.3 Å². The summed E-state index contributed by atoms with van der Waals surface area (Å²) in [6.07, 6.45) is 3.33. The van der Waals surface area contributed by atoms with E-state index in [1.165, 1.54) is 17.5 Å². The van der Waals surface area contributed by atoms with Crippen molar-refractivity contribution in [3.63, 3.8) is 0 Å². The Bertz CT molecular complexity index is 397. The first-order valence-corrected chi connectivity index (χ1v) is 6.32. The van der Waals surface area contributed by atoms with Gasteiger partial charge in [-0.1, -0.05) is 23.7 Å². The monoisotopic (exact) mass is 237 g/mol. The Labute approximate surface area is 101 Å². The van der Waals surface area contributed by atoms with Gasteiger partial charge < -0.3 is 10.1 Å². The summed E-state index contributed by atoms with van der Waals surface area (Å²) >= 11 is 6.22. The highest BCUT2D eigenvalue weighted by molar-refractivity contribution is 6.31.